The van der Waals surface area contributed by atoms with Gasteiger partial charge in [0.05, 0.1) is 18.7 Å². The molecule has 0 aliphatic heterocycles. The number of aromatic nitrogens is 2. The molecule has 2 heterocycles. The normalized spacial score (nSPS) is 11.0. The number of benzene rings is 3. The van der Waals surface area contributed by atoms with E-state index in [1.807, 2.05) is 43.6 Å². The molecular formula is C35H36N2O3. The van der Waals surface area contributed by atoms with Crippen LogP contribution in [0.2, 0.25) is 0 Å². The molecule has 0 atom stereocenters. The van der Waals surface area contributed by atoms with Crippen molar-refractivity contribution in [3.05, 3.63) is 126 Å². The summed E-state index contributed by atoms with van der Waals surface area (Å²) in [4.78, 5) is 16.0. The van der Waals surface area contributed by atoms with Crippen molar-refractivity contribution in [2.45, 2.75) is 45.4 Å². The Bertz CT molecular complexity index is 1510. The average Bonchev–Trinajstić information content (AvgIpc) is 3.36. The van der Waals surface area contributed by atoms with Crippen molar-refractivity contribution in [1.82, 2.24) is 9.55 Å². The first kappa shape index (κ1) is 27.2. The lowest BCUT2D eigenvalue weighted by Gasteiger charge is -2.09. The maximum Gasteiger partial charge on any atom is 0.306 e. The van der Waals surface area contributed by atoms with Crippen molar-refractivity contribution in [3.63, 3.8) is 0 Å². The van der Waals surface area contributed by atoms with Gasteiger partial charge in [-0.15, -0.1) is 0 Å². The van der Waals surface area contributed by atoms with Crippen LogP contribution in [0.5, 0.6) is 5.75 Å². The topological polar surface area (TPSA) is 53.4 Å². The Labute approximate surface area is 236 Å². The molecule has 5 aromatic rings. The zero-order chi connectivity index (χ0) is 27.6. The lowest BCUT2D eigenvalue weighted by Crippen LogP contribution is -2.05. The molecule has 0 radical (unpaired) electrons. The third-order valence-electron chi connectivity index (χ3n) is 7.14. The highest BCUT2D eigenvalue weighted by Crippen LogP contribution is 2.29. The minimum Gasteiger partial charge on any atom is -0.494 e. The van der Waals surface area contributed by atoms with Gasteiger partial charge in [0, 0.05) is 36.1 Å². The Morgan fingerprint density at radius 2 is 1.57 bits per heavy atom. The Morgan fingerprint density at radius 1 is 0.800 bits per heavy atom. The van der Waals surface area contributed by atoms with Gasteiger partial charge >= 0.3 is 5.97 Å². The minimum atomic E-state index is -0.149. The summed E-state index contributed by atoms with van der Waals surface area (Å²) in [6.45, 7) is 2.93. The van der Waals surface area contributed by atoms with E-state index in [1.165, 1.54) is 22.1 Å². The first-order valence-corrected chi connectivity index (χ1v) is 14.1. The molecule has 0 bridgehead atoms. The van der Waals surface area contributed by atoms with Crippen LogP contribution in [0.3, 0.4) is 0 Å². The van der Waals surface area contributed by atoms with Crippen molar-refractivity contribution in [2.75, 3.05) is 13.2 Å². The van der Waals surface area contributed by atoms with Crippen LogP contribution in [0.25, 0.3) is 16.6 Å². The summed E-state index contributed by atoms with van der Waals surface area (Å²) in [6, 6.07) is 29.6. The second-order valence-electron chi connectivity index (χ2n) is 9.97. The highest BCUT2D eigenvalue weighted by Gasteiger charge is 2.12. The minimum absolute atomic E-state index is 0.149. The Morgan fingerprint density at radius 3 is 2.35 bits per heavy atom. The monoisotopic (exact) mass is 532 g/mol. The maximum atomic E-state index is 11.9. The second kappa shape index (κ2) is 13.6. The van der Waals surface area contributed by atoms with E-state index >= 15 is 0 Å². The number of esters is 1. The lowest BCUT2D eigenvalue weighted by molar-refractivity contribution is -0.143. The van der Waals surface area contributed by atoms with E-state index in [4.69, 9.17) is 9.47 Å². The predicted molar refractivity (Wildman–Crippen MR) is 160 cm³/mol. The number of aryl methyl sites for hydroxylation is 4. The van der Waals surface area contributed by atoms with E-state index in [0.29, 0.717) is 26.1 Å². The Balaban J connectivity index is 1.32. The highest BCUT2D eigenvalue weighted by molar-refractivity contribution is 5.86. The molecule has 0 fully saturated rings. The van der Waals surface area contributed by atoms with Gasteiger partial charge in [-0.2, -0.15) is 0 Å². The second-order valence-corrected chi connectivity index (χ2v) is 9.97. The fraction of sp³-hybridized carbons (Fsp3) is 0.257. The molecule has 0 saturated carbocycles. The molecule has 5 nitrogen and oxygen atoms in total. The van der Waals surface area contributed by atoms with Crippen molar-refractivity contribution in [3.8, 4) is 11.4 Å². The number of rotatable bonds is 13. The third-order valence-corrected chi connectivity index (χ3v) is 7.14. The quantitative estimate of drug-likeness (QED) is 0.118. The van der Waals surface area contributed by atoms with Crippen LogP contribution in [0.1, 0.15) is 42.0 Å². The SMILES string of the molecule is CCOC(=O)CCc1ccc2c(c1)c(CCc1ccccc1)cn2-c1ccc(OCCCc2ccncc2)cc1. The number of fused-ring (bicyclic) bond motifs is 1. The number of carbonyl (C=O) groups is 1. The first-order valence-electron chi connectivity index (χ1n) is 14.1. The number of hydrogen-bond donors (Lipinski definition) is 0. The van der Waals surface area contributed by atoms with Crippen LogP contribution in [0, 0.1) is 0 Å². The number of ether oxygens (including phenoxy) is 2. The van der Waals surface area contributed by atoms with E-state index < -0.39 is 0 Å². The molecule has 0 amide bonds. The van der Waals surface area contributed by atoms with Gasteiger partial charge in [0.2, 0.25) is 0 Å². The van der Waals surface area contributed by atoms with Crippen LogP contribution in [0.4, 0.5) is 0 Å². The van der Waals surface area contributed by atoms with Gasteiger partial charge in [-0.1, -0.05) is 36.4 Å². The summed E-state index contributed by atoms with van der Waals surface area (Å²) in [6.07, 6.45) is 10.8. The largest absolute Gasteiger partial charge is 0.494 e. The van der Waals surface area contributed by atoms with Gasteiger partial charge in [-0.3, -0.25) is 9.78 Å². The zero-order valence-electron chi connectivity index (χ0n) is 23.1. The number of hydrogen-bond acceptors (Lipinski definition) is 4. The first-order chi connectivity index (χ1) is 19.7. The number of pyridine rings is 1. The summed E-state index contributed by atoms with van der Waals surface area (Å²) < 4.78 is 13.4. The fourth-order valence-electron chi connectivity index (χ4n) is 5.04. The predicted octanol–water partition coefficient (Wildman–Crippen LogP) is 7.32. The van der Waals surface area contributed by atoms with E-state index in [1.54, 1.807) is 0 Å². The summed E-state index contributed by atoms with van der Waals surface area (Å²) in [5.74, 6) is 0.727. The summed E-state index contributed by atoms with van der Waals surface area (Å²) in [7, 11) is 0. The van der Waals surface area contributed by atoms with Crippen LogP contribution in [0.15, 0.2) is 104 Å². The van der Waals surface area contributed by atoms with Gasteiger partial charge in [0.25, 0.3) is 0 Å². The van der Waals surface area contributed by atoms with Crippen molar-refractivity contribution >= 4 is 16.9 Å². The molecule has 2 aromatic heterocycles. The van der Waals surface area contributed by atoms with Crippen molar-refractivity contribution in [2.24, 2.45) is 0 Å². The fourth-order valence-corrected chi connectivity index (χ4v) is 5.04. The van der Waals surface area contributed by atoms with Gasteiger partial charge in [0.15, 0.2) is 0 Å². The molecule has 0 aliphatic rings. The summed E-state index contributed by atoms with van der Waals surface area (Å²) in [5.41, 5.74) is 7.31. The lowest BCUT2D eigenvalue weighted by atomic mass is 10.0. The molecule has 5 rings (SSSR count). The molecule has 5 heteroatoms. The number of nitrogens with zero attached hydrogens (tertiary/aromatic N) is 2. The van der Waals surface area contributed by atoms with Crippen molar-refractivity contribution in [1.29, 1.82) is 0 Å². The molecule has 204 valence electrons. The molecule has 0 spiro atoms. The maximum absolute atomic E-state index is 11.9. The smallest absolute Gasteiger partial charge is 0.306 e. The zero-order valence-corrected chi connectivity index (χ0v) is 23.1. The van der Waals surface area contributed by atoms with Gasteiger partial charge < -0.3 is 14.0 Å². The standard InChI is InChI=1S/C35H36N2O3/c1-2-39-35(38)19-12-29-11-18-34-33(25-29)30(13-10-27-7-4-3-5-8-27)26-37(34)31-14-16-32(17-15-31)40-24-6-9-28-20-22-36-23-21-28/h3-5,7-8,11,14-18,20-23,25-26H,2,6,9-10,12-13,19,24H2,1H3. The molecular weight excluding hydrogens is 496 g/mol. The average molecular weight is 533 g/mol. The molecule has 0 N–H and O–H groups in total. The summed E-state index contributed by atoms with van der Waals surface area (Å²) in [5, 5.41) is 1.23. The highest BCUT2D eigenvalue weighted by atomic mass is 16.5. The molecule has 0 saturated heterocycles. The van der Waals surface area contributed by atoms with E-state index in [2.05, 4.69) is 76.4 Å². The van der Waals surface area contributed by atoms with Crippen LogP contribution < -0.4 is 4.74 Å². The van der Waals surface area contributed by atoms with E-state index in [9.17, 15) is 4.79 Å². The van der Waals surface area contributed by atoms with Gasteiger partial charge in [0.1, 0.15) is 5.75 Å². The van der Waals surface area contributed by atoms with Crippen LogP contribution in [-0.4, -0.2) is 28.7 Å². The molecule has 3 aromatic carbocycles. The van der Waals surface area contributed by atoms with Gasteiger partial charge in [-0.25, -0.2) is 0 Å². The van der Waals surface area contributed by atoms with Crippen molar-refractivity contribution < 1.29 is 14.3 Å². The summed E-state index contributed by atoms with van der Waals surface area (Å²) >= 11 is 0. The molecule has 0 unspecified atom stereocenters. The van der Waals surface area contributed by atoms with E-state index in [-0.39, 0.29) is 5.97 Å². The third kappa shape index (κ3) is 7.17. The molecule has 40 heavy (non-hydrogen) atoms. The number of carbonyl (C=O) groups excluding carboxylic acids is 1. The Hall–Kier alpha value is -4.38. The van der Waals surface area contributed by atoms with Crippen LogP contribution >= 0.6 is 0 Å². The molecule has 0 aliphatic carbocycles. The Kier molecular flexibility index (Phi) is 9.25. The van der Waals surface area contributed by atoms with Crippen LogP contribution in [-0.2, 0) is 35.2 Å². The van der Waals surface area contributed by atoms with E-state index in [0.717, 1.165) is 48.2 Å². The van der Waals surface area contributed by atoms with Gasteiger partial charge in [-0.05, 0) is 110 Å².